The molecule has 0 N–H and O–H groups in total. The second-order valence-corrected chi connectivity index (χ2v) is 3.12. The zero-order chi connectivity index (χ0) is 13.3. The molecule has 0 saturated carbocycles. The number of hydrogen-bond donors (Lipinski definition) is 0. The number of rotatable bonds is 1. The van der Waals surface area contributed by atoms with Crippen LogP contribution in [0.4, 0.5) is 0 Å². The fraction of sp³-hybridized carbons (Fsp3) is 0.200. The van der Waals surface area contributed by atoms with Crippen LogP contribution in [0, 0.1) is 0 Å². The molecule has 17 heavy (non-hydrogen) atoms. The highest BCUT2D eigenvalue weighted by molar-refractivity contribution is 5.98. The Morgan fingerprint density at radius 1 is 0.941 bits per heavy atom. The van der Waals surface area contributed by atoms with Crippen molar-refractivity contribution < 1.29 is 9.59 Å². The van der Waals surface area contributed by atoms with Gasteiger partial charge in [-0.25, -0.2) is 0 Å². The summed E-state index contributed by atoms with van der Waals surface area (Å²) in [5.74, 6) is 0.116. The van der Waals surface area contributed by atoms with E-state index in [0.29, 0.717) is 0 Å². The average molecular weight is 230 g/mol. The molecule has 2 aromatic rings. The second-order valence-electron chi connectivity index (χ2n) is 3.12. The van der Waals surface area contributed by atoms with Crippen LogP contribution in [0.3, 0.4) is 0 Å². The summed E-state index contributed by atoms with van der Waals surface area (Å²) in [5.41, 5.74) is 0.777. The molecule has 0 aromatic heterocycles. The van der Waals surface area contributed by atoms with E-state index >= 15 is 0 Å². The van der Waals surface area contributed by atoms with Gasteiger partial charge in [0.25, 0.3) is 0 Å². The van der Waals surface area contributed by atoms with E-state index in [-0.39, 0.29) is 5.78 Å². The van der Waals surface area contributed by atoms with Crippen molar-refractivity contribution in [3.63, 3.8) is 0 Å². The van der Waals surface area contributed by atoms with Gasteiger partial charge in [0.05, 0.1) is 0 Å². The van der Waals surface area contributed by atoms with Crippen molar-refractivity contribution in [2.24, 2.45) is 0 Å². The van der Waals surface area contributed by atoms with Crippen LogP contribution in [0.2, 0.25) is 0 Å². The predicted molar refractivity (Wildman–Crippen MR) is 72.4 cm³/mol. The first-order valence-corrected chi connectivity index (χ1v) is 5.56. The minimum Gasteiger partial charge on any atom is -0.307 e. The van der Waals surface area contributed by atoms with Crippen LogP contribution >= 0.6 is 0 Å². The summed E-state index contributed by atoms with van der Waals surface area (Å²) in [5, 5.41) is 2.29. The van der Waals surface area contributed by atoms with Gasteiger partial charge in [0.15, 0.2) is 5.78 Å². The number of ketones is 1. The Morgan fingerprint density at radius 3 is 2.00 bits per heavy atom. The van der Waals surface area contributed by atoms with Crippen molar-refractivity contribution >= 4 is 23.3 Å². The molecule has 2 aromatic carbocycles. The monoisotopic (exact) mass is 230 g/mol. The third-order valence-electron chi connectivity index (χ3n) is 2.16. The fourth-order valence-corrected chi connectivity index (χ4v) is 1.41. The highest BCUT2D eigenvalue weighted by atomic mass is 16.1. The van der Waals surface area contributed by atoms with Gasteiger partial charge in [0.1, 0.15) is 6.79 Å². The third-order valence-corrected chi connectivity index (χ3v) is 2.16. The van der Waals surface area contributed by atoms with Crippen molar-refractivity contribution in [2.75, 3.05) is 0 Å². The normalized spacial score (nSPS) is 8.41. The molecule has 0 aliphatic heterocycles. The minimum atomic E-state index is 0.116. The lowest BCUT2D eigenvalue weighted by molar-refractivity contribution is -0.0979. The van der Waals surface area contributed by atoms with E-state index < -0.39 is 0 Å². The van der Waals surface area contributed by atoms with E-state index in [2.05, 4.69) is 0 Å². The van der Waals surface area contributed by atoms with Gasteiger partial charge in [-0.05, 0) is 23.8 Å². The Kier molecular flexibility index (Phi) is 7.27. The predicted octanol–water partition coefficient (Wildman–Crippen LogP) is 3.88. The Balaban J connectivity index is 0.000000581. The summed E-state index contributed by atoms with van der Waals surface area (Å²) >= 11 is 0. The SMILES string of the molecule is C=O.CC.CC(=O)c1ccc2ccccc2c1. The van der Waals surface area contributed by atoms with Crippen LogP contribution in [-0.4, -0.2) is 12.6 Å². The first-order chi connectivity index (χ1) is 8.27. The summed E-state index contributed by atoms with van der Waals surface area (Å²) in [6.45, 7) is 7.59. The maximum Gasteiger partial charge on any atom is 0.159 e. The Morgan fingerprint density at radius 2 is 1.47 bits per heavy atom. The molecule has 0 radical (unpaired) electrons. The first kappa shape index (κ1) is 15.0. The van der Waals surface area contributed by atoms with Crippen LogP contribution in [0.1, 0.15) is 31.1 Å². The molecule has 0 aliphatic carbocycles. The first-order valence-electron chi connectivity index (χ1n) is 5.56. The minimum absolute atomic E-state index is 0.116. The van der Waals surface area contributed by atoms with E-state index in [9.17, 15) is 4.79 Å². The standard InChI is InChI=1S/C12H10O.C2H6.CH2O/c1-9(13)11-7-6-10-4-2-3-5-12(10)8-11;2*1-2/h2-8H,1H3;1-2H3;1H2. The van der Waals surface area contributed by atoms with E-state index in [4.69, 9.17) is 4.79 Å². The zero-order valence-electron chi connectivity index (χ0n) is 10.6. The molecule has 0 aliphatic rings. The van der Waals surface area contributed by atoms with Crippen LogP contribution in [-0.2, 0) is 4.79 Å². The topological polar surface area (TPSA) is 34.1 Å². The molecule has 2 rings (SSSR count). The molecule has 0 amide bonds. The van der Waals surface area contributed by atoms with Crippen LogP contribution in [0.15, 0.2) is 42.5 Å². The summed E-state index contributed by atoms with van der Waals surface area (Å²) in [7, 11) is 0. The number of carbonyl (C=O) groups excluding carboxylic acids is 2. The highest BCUT2D eigenvalue weighted by Crippen LogP contribution is 2.15. The van der Waals surface area contributed by atoms with E-state index in [1.165, 1.54) is 5.39 Å². The Bertz CT molecular complexity index is 475. The van der Waals surface area contributed by atoms with Gasteiger partial charge in [0, 0.05) is 5.56 Å². The van der Waals surface area contributed by atoms with E-state index in [1.54, 1.807) is 6.92 Å². The molecule has 0 saturated heterocycles. The molecule has 0 fully saturated rings. The van der Waals surface area contributed by atoms with Crippen LogP contribution in [0.25, 0.3) is 10.8 Å². The van der Waals surface area contributed by atoms with Gasteiger partial charge < -0.3 is 4.79 Å². The maximum absolute atomic E-state index is 11.1. The number of benzene rings is 2. The summed E-state index contributed by atoms with van der Waals surface area (Å²) in [6.07, 6.45) is 0. The summed E-state index contributed by atoms with van der Waals surface area (Å²) in [4.78, 5) is 19.1. The lowest BCUT2D eigenvalue weighted by Gasteiger charge is -1.99. The van der Waals surface area contributed by atoms with Crippen molar-refractivity contribution in [1.82, 2.24) is 0 Å². The molecular weight excluding hydrogens is 212 g/mol. The van der Waals surface area contributed by atoms with Crippen molar-refractivity contribution in [3.05, 3.63) is 48.0 Å². The quantitative estimate of drug-likeness (QED) is 0.696. The lowest BCUT2D eigenvalue weighted by atomic mass is 10.1. The molecule has 90 valence electrons. The molecule has 0 bridgehead atoms. The van der Waals surface area contributed by atoms with Crippen molar-refractivity contribution in [1.29, 1.82) is 0 Å². The fourth-order valence-electron chi connectivity index (χ4n) is 1.41. The maximum atomic E-state index is 11.1. The number of hydrogen-bond acceptors (Lipinski definition) is 2. The Labute approximate surface area is 102 Å². The smallest absolute Gasteiger partial charge is 0.159 e. The molecule has 2 heteroatoms. The number of Topliss-reactive ketones (excluding diaryl/α,β-unsaturated/α-hetero) is 1. The number of fused-ring (bicyclic) bond motifs is 1. The molecule has 0 heterocycles. The molecule has 0 unspecified atom stereocenters. The van der Waals surface area contributed by atoms with E-state index in [0.717, 1.165) is 10.9 Å². The Hall–Kier alpha value is -1.96. The van der Waals surface area contributed by atoms with Crippen LogP contribution < -0.4 is 0 Å². The van der Waals surface area contributed by atoms with Gasteiger partial charge >= 0.3 is 0 Å². The summed E-state index contributed by atoms with van der Waals surface area (Å²) < 4.78 is 0. The van der Waals surface area contributed by atoms with Gasteiger partial charge in [-0.1, -0.05) is 50.2 Å². The van der Waals surface area contributed by atoms with Gasteiger partial charge in [0.2, 0.25) is 0 Å². The van der Waals surface area contributed by atoms with Crippen molar-refractivity contribution in [3.8, 4) is 0 Å². The average Bonchev–Trinajstić information content (AvgIpc) is 2.42. The van der Waals surface area contributed by atoms with E-state index in [1.807, 2.05) is 63.1 Å². The van der Waals surface area contributed by atoms with Crippen LogP contribution in [0.5, 0.6) is 0 Å². The molecule has 0 atom stereocenters. The van der Waals surface area contributed by atoms with Gasteiger partial charge in [-0.2, -0.15) is 0 Å². The van der Waals surface area contributed by atoms with Gasteiger partial charge in [-0.15, -0.1) is 0 Å². The van der Waals surface area contributed by atoms with Gasteiger partial charge in [-0.3, -0.25) is 4.79 Å². The largest absolute Gasteiger partial charge is 0.307 e. The lowest BCUT2D eigenvalue weighted by Crippen LogP contribution is -1.90. The second kappa shape index (κ2) is 8.22. The highest BCUT2D eigenvalue weighted by Gasteiger charge is 1.99. The zero-order valence-corrected chi connectivity index (χ0v) is 10.6. The third kappa shape index (κ3) is 4.19. The van der Waals surface area contributed by atoms with Crippen molar-refractivity contribution in [2.45, 2.75) is 20.8 Å². The summed E-state index contributed by atoms with van der Waals surface area (Å²) in [6, 6.07) is 13.8. The molecular formula is C15H18O2. The number of carbonyl (C=O) groups is 2. The molecule has 2 nitrogen and oxygen atoms in total. The molecule has 0 spiro atoms.